The van der Waals surface area contributed by atoms with Gasteiger partial charge >= 0.3 is 6.18 Å². The molecule has 98 valence electrons. The molecule has 1 amide bonds. The Hall–Kier alpha value is -0.780. The second-order valence-corrected chi connectivity index (χ2v) is 5.07. The van der Waals surface area contributed by atoms with Gasteiger partial charge in [0.05, 0.1) is 18.6 Å². The zero-order valence-corrected chi connectivity index (χ0v) is 9.81. The molecule has 6 heteroatoms. The second kappa shape index (κ2) is 4.15. The van der Waals surface area contributed by atoms with Crippen molar-refractivity contribution in [2.75, 3.05) is 6.67 Å². The van der Waals surface area contributed by atoms with Crippen molar-refractivity contribution in [2.45, 2.75) is 56.8 Å². The number of nitrogens with zero attached hydrogens (tertiary/aromatic N) is 1. The van der Waals surface area contributed by atoms with E-state index in [4.69, 9.17) is 0 Å². The minimum atomic E-state index is -4.22. The Bertz CT molecular complexity index is 310. The van der Waals surface area contributed by atoms with Crippen LogP contribution in [0, 0.1) is 0 Å². The van der Waals surface area contributed by atoms with E-state index in [9.17, 15) is 18.0 Å². The lowest BCUT2D eigenvalue weighted by molar-refractivity contribution is -0.152. The molecule has 1 N–H and O–H groups in total. The first-order valence-corrected chi connectivity index (χ1v) is 5.97. The Kier molecular flexibility index (Phi) is 3.10. The van der Waals surface area contributed by atoms with Crippen molar-refractivity contribution in [3.63, 3.8) is 0 Å². The fourth-order valence-corrected chi connectivity index (χ4v) is 2.83. The van der Waals surface area contributed by atoms with Crippen LogP contribution in [0.15, 0.2) is 0 Å². The van der Waals surface area contributed by atoms with Gasteiger partial charge in [0, 0.05) is 6.04 Å². The van der Waals surface area contributed by atoms with E-state index in [-0.39, 0.29) is 12.6 Å². The Balaban J connectivity index is 2.02. The highest BCUT2D eigenvalue weighted by molar-refractivity contribution is 5.88. The summed E-state index contributed by atoms with van der Waals surface area (Å²) in [5.74, 6) is -0.147. The molecule has 1 heterocycles. The van der Waals surface area contributed by atoms with Crippen molar-refractivity contribution in [2.24, 2.45) is 0 Å². The maximum Gasteiger partial charge on any atom is 0.391 e. The maximum atomic E-state index is 12.3. The molecule has 17 heavy (non-hydrogen) atoms. The molecule has 1 aliphatic heterocycles. The molecule has 1 aliphatic carbocycles. The zero-order chi connectivity index (χ0) is 12.7. The van der Waals surface area contributed by atoms with Crippen molar-refractivity contribution in [3.8, 4) is 0 Å². The first-order valence-electron chi connectivity index (χ1n) is 5.97. The lowest BCUT2D eigenvalue weighted by Crippen LogP contribution is -2.45. The van der Waals surface area contributed by atoms with Crippen molar-refractivity contribution in [3.05, 3.63) is 0 Å². The topological polar surface area (TPSA) is 32.3 Å². The van der Waals surface area contributed by atoms with E-state index < -0.39 is 24.2 Å². The summed E-state index contributed by atoms with van der Waals surface area (Å²) in [6, 6.07) is -0.782. The molecule has 1 saturated carbocycles. The molecule has 1 saturated heterocycles. The van der Waals surface area contributed by atoms with Crippen LogP contribution in [0.4, 0.5) is 13.2 Å². The van der Waals surface area contributed by atoms with Gasteiger partial charge in [-0.05, 0) is 19.8 Å². The lowest BCUT2D eigenvalue weighted by Gasteiger charge is -2.26. The van der Waals surface area contributed by atoms with E-state index in [1.165, 1.54) is 11.8 Å². The molecule has 0 aromatic rings. The van der Waals surface area contributed by atoms with Crippen LogP contribution in [-0.4, -0.2) is 35.2 Å². The van der Waals surface area contributed by atoms with Gasteiger partial charge < -0.3 is 4.90 Å². The van der Waals surface area contributed by atoms with Gasteiger partial charge in [-0.15, -0.1) is 0 Å². The van der Waals surface area contributed by atoms with Crippen LogP contribution in [0.25, 0.3) is 0 Å². The monoisotopic (exact) mass is 250 g/mol. The Labute approximate surface area is 98.3 Å². The van der Waals surface area contributed by atoms with Gasteiger partial charge in [0.15, 0.2) is 0 Å². The molecule has 2 fully saturated rings. The largest absolute Gasteiger partial charge is 0.391 e. The van der Waals surface area contributed by atoms with Crippen LogP contribution in [0.5, 0.6) is 0 Å². The Morgan fingerprint density at radius 3 is 2.53 bits per heavy atom. The van der Waals surface area contributed by atoms with Crippen LogP contribution in [0.3, 0.4) is 0 Å². The summed E-state index contributed by atoms with van der Waals surface area (Å²) >= 11 is 0. The van der Waals surface area contributed by atoms with E-state index in [1.807, 2.05) is 0 Å². The van der Waals surface area contributed by atoms with Crippen LogP contribution in [-0.2, 0) is 4.79 Å². The molecule has 1 spiro atoms. The van der Waals surface area contributed by atoms with Gasteiger partial charge in [0.25, 0.3) is 0 Å². The summed E-state index contributed by atoms with van der Waals surface area (Å²) in [6.07, 6.45) is -1.70. The summed E-state index contributed by atoms with van der Waals surface area (Å²) in [6.45, 7) is 1.71. The second-order valence-electron chi connectivity index (χ2n) is 5.07. The summed E-state index contributed by atoms with van der Waals surface area (Å²) in [7, 11) is 0. The summed E-state index contributed by atoms with van der Waals surface area (Å²) in [5, 5.41) is 3.11. The molecule has 3 nitrogen and oxygen atoms in total. The average Bonchev–Trinajstić information content (AvgIpc) is 2.75. The van der Waals surface area contributed by atoms with Gasteiger partial charge in [-0.1, -0.05) is 12.8 Å². The average molecular weight is 250 g/mol. The summed E-state index contributed by atoms with van der Waals surface area (Å²) < 4.78 is 36.9. The molecular formula is C11H17F3N2O. The minimum Gasteiger partial charge on any atom is -0.325 e. The SMILES string of the molecule is CC(CC(F)(F)F)N1CNC2(CCCC2)C1=O. The fourth-order valence-electron chi connectivity index (χ4n) is 2.83. The Morgan fingerprint density at radius 2 is 2.00 bits per heavy atom. The highest BCUT2D eigenvalue weighted by atomic mass is 19.4. The zero-order valence-electron chi connectivity index (χ0n) is 9.81. The van der Waals surface area contributed by atoms with Crippen LogP contribution in [0.2, 0.25) is 0 Å². The van der Waals surface area contributed by atoms with Crippen LogP contribution in [0.1, 0.15) is 39.0 Å². The highest BCUT2D eigenvalue weighted by Crippen LogP contribution is 2.36. The predicted molar refractivity (Wildman–Crippen MR) is 56.2 cm³/mol. The third-order valence-electron chi connectivity index (χ3n) is 3.77. The first kappa shape index (κ1) is 12.7. The number of hydrogen-bond acceptors (Lipinski definition) is 2. The molecule has 0 aromatic carbocycles. The number of alkyl halides is 3. The third-order valence-corrected chi connectivity index (χ3v) is 3.77. The van der Waals surface area contributed by atoms with E-state index in [0.717, 1.165) is 25.7 Å². The number of rotatable bonds is 2. The molecule has 2 aliphatic rings. The molecular weight excluding hydrogens is 233 g/mol. The minimum absolute atomic E-state index is 0.147. The molecule has 1 unspecified atom stereocenters. The van der Waals surface area contributed by atoms with Crippen molar-refractivity contribution < 1.29 is 18.0 Å². The highest BCUT2D eigenvalue weighted by Gasteiger charge is 2.50. The van der Waals surface area contributed by atoms with Crippen LogP contribution < -0.4 is 5.32 Å². The lowest BCUT2D eigenvalue weighted by atomic mass is 9.97. The van der Waals surface area contributed by atoms with Gasteiger partial charge in [-0.25, -0.2) is 0 Å². The molecule has 1 atom stereocenters. The quantitative estimate of drug-likeness (QED) is 0.813. The molecule has 0 radical (unpaired) electrons. The number of hydrogen-bond donors (Lipinski definition) is 1. The van der Waals surface area contributed by atoms with Crippen LogP contribution >= 0.6 is 0 Å². The number of nitrogens with one attached hydrogen (secondary N) is 1. The summed E-state index contributed by atoms with van der Waals surface area (Å²) in [4.78, 5) is 13.5. The molecule has 0 bridgehead atoms. The maximum absolute atomic E-state index is 12.3. The Morgan fingerprint density at radius 1 is 1.41 bits per heavy atom. The van der Waals surface area contributed by atoms with Crippen molar-refractivity contribution in [1.29, 1.82) is 0 Å². The van der Waals surface area contributed by atoms with Gasteiger partial charge in [0.2, 0.25) is 5.91 Å². The van der Waals surface area contributed by atoms with Crippen molar-refractivity contribution >= 4 is 5.91 Å². The summed E-state index contributed by atoms with van der Waals surface area (Å²) in [5.41, 5.74) is -0.556. The fraction of sp³-hybridized carbons (Fsp3) is 0.909. The number of amides is 1. The predicted octanol–water partition coefficient (Wildman–Crippen LogP) is 2.03. The van der Waals surface area contributed by atoms with E-state index in [0.29, 0.717) is 0 Å². The van der Waals surface area contributed by atoms with E-state index in [2.05, 4.69) is 5.32 Å². The number of halogens is 3. The van der Waals surface area contributed by atoms with E-state index >= 15 is 0 Å². The van der Waals surface area contributed by atoms with E-state index in [1.54, 1.807) is 0 Å². The third kappa shape index (κ3) is 2.41. The smallest absolute Gasteiger partial charge is 0.325 e. The first-order chi connectivity index (χ1) is 7.84. The van der Waals surface area contributed by atoms with Crippen molar-refractivity contribution in [1.82, 2.24) is 10.2 Å². The standard InChI is InChI=1S/C11H17F3N2O/c1-8(6-11(12,13)14)16-7-15-10(9(16)17)4-2-3-5-10/h8,15H,2-7H2,1H3. The van der Waals surface area contributed by atoms with Gasteiger partial charge in [-0.3, -0.25) is 10.1 Å². The van der Waals surface area contributed by atoms with Gasteiger partial charge in [-0.2, -0.15) is 13.2 Å². The van der Waals surface area contributed by atoms with Gasteiger partial charge in [0.1, 0.15) is 0 Å². The normalized spacial score (nSPS) is 25.9. The number of carbonyl (C=O) groups excluding carboxylic acids is 1. The molecule has 0 aromatic heterocycles. The molecule has 2 rings (SSSR count). The number of carbonyl (C=O) groups is 1.